The lowest BCUT2D eigenvalue weighted by Crippen LogP contribution is -2.34. The number of rotatable bonds is 10. The smallest absolute Gasteiger partial charge is 0.277 e. The van der Waals surface area contributed by atoms with E-state index in [1.165, 1.54) is 4.57 Å². The number of nitrogens with zero attached hydrogens (tertiary/aromatic N) is 2. The monoisotopic (exact) mass is 501 g/mol. The molecule has 2 aromatic carbocycles. The van der Waals surface area contributed by atoms with Gasteiger partial charge in [0.2, 0.25) is 0 Å². The van der Waals surface area contributed by atoms with Crippen LogP contribution in [0.3, 0.4) is 0 Å². The minimum absolute atomic E-state index is 0.00860. The van der Waals surface area contributed by atoms with Crippen molar-refractivity contribution in [2.24, 2.45) is 5.92 Å². The van der Waals surface area contributed by atoms with Crippen molar-refractivity contribution in [1.82, 2.24) is 14.9 Å². The average molecular weight is 502 g/mol. The fourth-order valence-electron chi connectivity index (χ4n) is 4.29. The third-order valence-electron chi connectivity index (χ3n) is 6.33. The number of hydrogen-bond donors (Lipinski definition) is 2. The first kappa shape index (κ1) is 25.9. The van der Waals surface area contributed by atoms with E-state index in [-0.39, 0.29) is 42.8 Å². The second-order valence-electron chi connectivity index (χ2n) is 8.93. The fraction of sp³-hybridized carbons (Fsp3) is 0.276. The summed E-state index contributed by atoms with van der Waals surface area (Å²) in [6.45, 7) is 2.36. The van der Waals surface area contributed by atoms with Gasteiger partial charge in [0.25, 0.3) is 11.5 Å². The summed E-state index contributed by atoms with van der Waals surface area (Å²) in [6, 6.07) is 18.5. The van der Waals surface area contributed by atoms with Gasteiger partial charge in [0.05, 0.1) is 14.2 Å². The summed E-state index contributed by atoms with van der Waals surface area (Å²) in [4.78, 5) is 31.8. The Kier molecular flexibility index (Phi) is 8.20. The summed E-state index contributed by atoms with van der Waals surface area (Å²) >= 11 is 0. The van der Waals surface area contributed by atoms with Gasteiger partial charge in [-0.3, -0.25) is 14.6 Å². The highest BCUT2D eigenvalue weighted by atomic mass is 16.5. The van der Waals surface area contributed by atoms with Crippen LogP contribution in [-0.2, 0) is 13.1 Å². The number of pyridine rings is 2. The molecule has 0 bridgehead atoms. The number of carbonyl (C=O) groups is 1. The molecule has 0 aliphatic carbocycles. The minimum Gasteiger partial charge on any atom is -0.497 e. The van der Waals surface area contributed by atoms with E-state index in [0.29, 0.717) is 34.4 Å². The van der Waals surface area contributed by atoms with Gasteiger partial charge in [-0.05, 0) is 41.7 Å². The molecule has 4 aromatic rings. The molecule has 2 aromatic heterocycles. The van der Waals surface area contributed by atoms with Crippen LogP contribution in [0.25, 0.3) is 22.0 Å². The van der Waals surface area contributed by atoms with Crippen molar-refractivity contribution in [3.63, 3.8) is 0 Å². The predicted molar refractivity (Wildman–Crippen MR) is 143 cm³/mol. The number of methoxy groups -OCH3 is 2. The predicted octanol–water partition coefficient (Wildman–Crippen LogP) is 4.03. The lowest BCUT2D eigenvalue weighted by atomic mass is 9.97. The lowest BCUT2D eigenvalue weighted by molar-refractivity contribution is 0.0940. The molecule has 0 fully saturated rings. The van der Waals surface area contributed by atoms with E-state index in [9.17, 15) is 14.7 Å². The van der Waals surface area contributed by atoms with Gasteiger partial charge in [0, 0.05) is 42.9 Å². The molecule has 0 spiro atoms. The molecule has 4 rings (SSSR count). The normalized spacial score (nSPS) is 11.8. The number of nitrogens with one attached hydrogen (secondary N) is 1. The van der Waals surface area contributed by atoms with Crippen LogP contribution in [0.2, 0.25) is 0 Å². The van der Waals surface area contributed by atoms with Gasteiger partial charge in [-0.15, -0.1) is 0 Å². The van der Waals surface area contributed by atoms with E-state index in [1.807, 2.05) is 55.5 Å². The highest BCUT2D eigenvalue weighted by Crippen LogP contribution is 2.30. The molecule has 2 N–H and O–H groups in total. The van der Waals surface area contributed by atoms with Gasteiger partial charge in [-0.2, -0.15) is 0 Å². The Hall–Kier alpha value is -4.17. The second kappa shape index (κ2) is 11.7. The molecule has 0 unspecified atom stereocenters. The summed E-state index contributed by atoms with van der Waals surface area (Å²) in [5.41, 5.74) is 2.45. The third kappa shape index (κ3) is 5.65. The zero-order valence-corrected chi connectivity index (χ0v) is 21.2. The molecule has 8 nitrogen and oxygen atoms in total. The van der Waals surface area contributed by atoms with Crippen LogP contribution in [0.5, 0.6) is 11.5 Å². The zero-order valence-electron chi connectivity index (χ0n) is 21.2. The van der Waals surface area contributed by atoms with Crippen molar-refractivity contribution < 1.29 is 19.4 Å². The maximum absolute atomic E-state index is 13.8. The second-order valence-corrected chi connectivity index (χ2v) is 8.93. The largest absolute Gasteiger partial charge is 0.497 e. The number of aromatic nitrogens is 2. The van der Waals surface area contributed by atoms with Gasteiger partial charge in [0.15, 0.2) is 0 Å². The first-order valence-corrected chi connectivity index (χ1v) is 12.1. The molecule has 0 saturated heterocycles. The first-order chi connectivity index (χ1) is 18.0. The van der Waals surface area contributed by atoms with Crippen molar-refractivity contribution in [2.45, 2.75) is 26.4 Å². The molecule has 8 heteroatoms. The van der Waals surface area contributed by atoms with E-state index < -0.39 is 0 Å². The molecule has 0 aliphatic heterocycles. The molecule has 2 heterocycles. The number of amides is 1. The van der Waals surface area contributed by atoms with Crippen molar-refractivity contribution >= 4 is 16.8 Å². The van der Waals surface area contributed by atoms with Crippen molar-refractivity contribution in [3.05, 3.63) is 88.5 Å². The lowest BCUT2D eigenvalue weighted by Gasteiger charge is -2.20. The molecule has 1 atom stereocenters. The Morgan fingerprint density at radius 3 is 2.41 bits per heavy atom. The quantitative estimate of drug-likeness (QED) is 0.340. The summed E-state index contributed by atoms with van der Waals surface area (Å²) in [5, 5.41) is 13.2. The summed E-state index contributed by atoms with van der Waals surface area (Å²) in [7, 11) is 3.14. The van der Waals surface area contributed by atoms with E-state index in [0.717, 1.165) is 11.1 Å². The van der Waals surface area contributed by atoms with Crippen molar-refractivity contribution in [3.8, 4) is 22.6 Å². The topological polar surface area (TPSA) is 103 Å². The zero-order chi connectivity index (χ0) is 26.4. The first-order valence-electron chi connectivity index (χ1n) is 12.1. The van der Waals surface area contributed by atoms with E-state index in [2.05, 4.69) is 10.3 Å². The molecular formula is C29H31N3O5. The maximum Gasteiger partial charge on any atom is 0.277 e. The van der Waals surface area contributed by atoms with Gasteiger partial charge in [0.1, 0.15) is 22.7 Å². The SMILES string of the molecule is COc1cc(CNC(=O)c2c(-c3ccccc3)c3cccnc3c(=O)n2CC[C@@H](C)CO)cc(OC)c1. The Morgan fingerprint density at radius 1 is 1.05 bits per heavy atom. The van der Waals surface area contributed by atoms with E-state index in [4.69, 9.17) is 9.47 Å². The van der Waals surface area contributed by atoms with Gasteiger partial charge in [-0.1, -0.05) is 43.3 Å². The highest BCUT2D eigenvalue weighted by molar-refractivity contribution is 6.07. The fourth-order valence-corrected chi connectivity index (χ4v) is 4.29. The van der Waals surface area contributed by atoms with Crippen LogP contribution < -0.4 is 20.3 Å². The summed E-state index contributed by atoms with van der Waals surface area (Å²) < 4.78 is 12.2. The molecule has 0 saturated carbocycles. The summed E-state index contributed by atoms with van der Waals surface area (Å²) in [6.07, 6.45) is 2.10. The van der Waals surface area contributed by atoms with Gasteiger partial charge < -0.3 is 24.5 Å². The standard InChI is InChI=1S/C29H31N3O5/c1-19(18-33)11-13-32-27(28(34)31-17-20-14-22(36-2)16-23(15-20)37-3)25(21-8-5-4-6-9-21)24-10-7-12-30-26(24)29(32)35/h4-10,12,14-16,19,33H,11,13,17-18H2,1-3H3,(H,31,34)/t19-/m1/s1. The van der Waals surface area contributed by atoms with Crippen LogP contribution in [0.1, 0.15) is 29.4 Å². The Labute approximate surface area is 215 Å². The van der Waals surface area contributed by atoms with Gasteiger partial charge >= 0.3 is 0 Å². The molecular weight excluding hydrogens is 470 g/mol. The number of benzene rings is 2. The number of fused-ring (bicyclic) bond motifs is 1. The molecule has 192 valence electrons. The van der Waals surface area contributed by atoms with Gasteiger partial charge in [-0.25, -0.2) is 0 Å². The molecule has 1 amide bonds. The Morgan fingerprint density at radius 2 is 1.76 bits per heavy atom. The molecule has 37 heavy (non-hydrogen) atoms. The third-order valence-corrected chi connectivity index (χ3v) is 6.33. The van der Waals surface area contributed by atoms with Crippen molar-refractivity contribution in [1.29, 1.82) is 0 Å². The van der Waals surface area contributed by atoms with Crippen LogP contribution in [0, 0.1) is 5.92 Å². The van der Waals surface area contributed by atoms with E-state index >= 15 is 0 Å². The average Bonchev–Trinajstić information content (AvgIpc) is 2.95. The Balaban J connectivity index is 1.85. The number of hydrogen-bond acceptors (Lipinski definition) is 6. The maximum atomic E-state index is 13.8. The van der Waals surface area contributed by atoms with Crippen LogP contribution >= 0.6 is 0 Å². The number of aliphatic hydroxyl groups excluding tert-OH is 1. The van der Waals surface area contributed by atoms with Crippen molar-refractivity contribution in [2.75, 3.05) is 20.8 Å². The molecule has 0 radical (unpaired) electrons. The van der Waals surface area contributed by atoms with Crippen LogP contribution in [-0.4, -0.2) is 41.4 Å². The highest BCUT2D eigenvalue weighted by Gasteiger charge is 2.24. The van der Waals surface area contributed by atoms with Crippen LogP contribution in [0.15, 0.2) is 71.7 Å². The van der Waals surface area contributed by atoms with E-state index in [1.54, 1.807) is 32.5 Å². The number of carbonyl (C=O) groups excluding carboxylic acids is 1. The number of aliphatic hydroxyl groups is 1. The van der Waals surface area contributed by atoms with Crippen LogP contribution in [0.4, 0.5) is 0 Å². The molecule has 0 aliphatic rings. The minimum atomic E-state index is -0.389. The Bertz CT molecular complexity index is 1430. The number of ether oxygens (including phenoxy) is 2. The summed E-state index contributed by atoms with van der Waals surface area (Å²) in [5.74, 6) is 0.798.